The number of fused-ring (bicyclic) bond motifs is 4. The van der Waals surface area contributed by atoms with Gasteiger partial charge in [0, 0.05) is 107 Å². The Kier molecular flexibility index (Phi) is 21.1. The van der Waals surface area contributed by atoms with Crippen molar-refractivity contribution in [1.82, 2.24) is 19.9 Å². The number of hydrogen-bond acceptors (Lipinski definition) is 14. The molecule has 0 fully saturated rings. The van der Waals surface area contributed by atoms with Crippen LogP contribution in [0.2, 0.25) is 0 Å². The van der Waals surface area contributed by atoms with Crippen molar-refractivity contribution in [2.45, 2.75) is 68.7 Å². The molecule has 0 aliphatic heterocycles. The van der Waals surface area contributed by atoms with Gasteiger partial charge in [-0.3, -0.25) is 24.0 Å². The average Bonchev–Trinajstić information content (AvgIpc) is 4.20. The molecule has 78 heavy (non-hydrogen) atoms. The molecule has 8 rings (SSSR count). The van der Waals surface area contributed by atoms with E-state index in [1.807, 2.05) is 66.9 Å². The first-order chi connectivity index (χ1) is 36.7. The quantitative estimate of drug-likeness (QED) is 0.0517. The minimum Gasteiger partial charge on any atom is -0.480 e. The summed E-state index contributed by atoms with van der Waals surface area (Å²) in [5, 5.41) is 84.4. The molecule has 0 saturated heterocycles. The second-order valence-corrected chi connectivity index (χ2v) is 17.4. The monoisotopic (exact) mass is 1080 g/mol. The number of carboxylic acid groups (broad SMARTS) is 7. The Balaban J connectivity index is 0.000000219. The van der Waals surface area contributed by atoms with Gasteiger partial charge in [-0.25, -0.2) is 24.0 Å². The van der Waals surface area contributed by atoms with Crippen molar-refractivity contribution < 1.29 is 93.9 Å². The lowest BCUT2D eigenvalue weighted by Gasteiger charge is -2.24. The Labute approximate surface area is 439 Å². The third kappa shape index (κ3) is 16.6. The lowest BCUT2D eigenvalue weighted by atomic mass is 9.88. The summed E-state index contributed by atoms with van der Waals surface area (Å²) in [5.74, 6) is -13.0. The third-order valence-corrected chi connectivity index (χ3v) is 11.7. The number of carboxylic acids is 7. The molecule has 0 aliphatic carbocycles. The van der Waals surface area contributed by atoms with Gasteiger partial charge in [-0.15, -0.1) is 0 Å². The van der Waals surface area contributed by atoms with Gasteiger partial charge in [0.1, 0.15) is 12.1 Å². The molecule has 0 aliphatic rings. The summed E-state index contributed by atoms with van der Waals surface area (Å²) < 4.78 is 0. The fraction of sp³-hybridized carbons (Fsp3) is 0.208. The van der Waals surface area contributed by atoms with Crippen LogP contribution in [-0.4, -0.2) is 148 Å². The second-order valence-electron chi connectivity index (χ2n) is 17.4. The number of Topliss-reactive ketones (excluding diaryl/α,β-unsaturated/α-hetero) is 3. The van der Waals surface area contributed by atoms with Crippen molar-refractivity contribution in [2.24, 2.45) is 11.5 Å². The number of benzene rings is 4. The van der Waals surface area contributed by atoms with Gasteiger partial charge in [0.25, 0.3) is 0 Å². The number of aromatic nitrogens is 4. The van der Waals surface area contributed by atoms with Crippen molar-refractivity contribution >= 4 is 103 Å². The zero-order valence-electron chi connectivity index (χ0n) is 41.2. The fourth-order valence-corrected chi connectivity index (χ4v) is 7.58. The Bertz CT molecular complexity index is 3490. The van der Waals surface area contributed by atoms with Gasteiger partial charge < -0.3 is 77.4 Å². The molecule has 0 spiro atoms. The van der Waals surface area contributed by atoms with Crippen LogP contribution in [0.15, 0.2) is 122 Å². The van der Waals surface area contributed by atoms with Crippen molar-refractivity contribution in [3.63, 3.8) is 0 Å². The normalized spacial score (nSPS) is 12.9. The molecular weight excluding hydrogens is 1020 g/mol. The number of nitrogens with two attached hydrogens (primary N) is 2. The van der Waals surface area contributed by atoms with Crippen molar-refractivity contribution in [3.05, 3.63) is 144 Å². The lowest BCUT2D eigenvalue weighted by molar-refractivity contribution is -0.163. The van der Waals surface area contributed by atoms with Crippen LogP contribution in [-0.2, 0) is 73.6 Å². The summed E-state index contributed by atoms with van der Waals surface area (Å²) in [5.41, 5.74) is 12.4. The van der Waals surface area contributed by atoms with E-state index in [1.165, 1.54) is 6.20 Å². The van der Waals surface area contributed by atoms with Gasteiger partial charge >= 0.3 is 41.8 Å². The number of aliphatic carboxylic acids is 7. The highest BCUT2D eigenvalue weighted by molar-refractivity contribution is 6.34. The molecule has 8 aromatic rings. The summed E-state index contributed by atoms with van der Waals surface area (Å²) in [6.45, 7) is 1.00. The number of aliphatic hydroxyl groups is 2. The summed E-state index contributed by atoms with van der Waals surface area (Å²) in [6, 6.07) is 27.2. The number of aromatic amines is 4. The predicted octanol–water partition coefficient (Wildman–Crippen LogP) is 3.04. The zero-order valence-corrected chi connectivity index (χ0v) is 41.2. The molecule has 4 aromatic carbocycles. The molecule has 0 radical (unpaired) electrons. The Hall–Kier alpha value is -9.82. The average molecular weight is 1080 g/mol. The first-order valence-corrected chi connectivity index (χ1v) is 23.0. The van der Waals surface area contributed by atoms with Crippen molar-refractivity contribution in [2.75, 3.05) is 0 Å². The van der Waals surface area contributed by atoms with E-state index in [4.69, 9.17) is 42.1 Å². The van der Waals surface area contributed by atoms with E-state index in [2.05, 4.69) is 19.9 Å². The largest absolute Gasteiger partial charge is 0.480 e. The minimum absolute atomic E-state index is 0.0701. The fourth-order valence-electron chi connectivity index (χ4n) is 7.58. The van der Waals surface area contributed by atoms with E-state index in [1.54, 1.807) is 48.8 Å². The third-order valence-electron chi connectivity index (χ3n) is 11.7. The van der Waals surface area contributed by atoms with Gasteiger partial charge in [-0.2, -0.15) is 0 Å². The maximum atomic E-state index is 11.3. The van der Waals surface area contributed by atoms with Gasteiger partial charge in [-0.1, -0.05) is 72.8 Å². The molecule has 0 saturated carbocycles. The maximum absolute atomic E-state index is 11.3. The van der Waals surface area contributed by atoms with E-state index in [-0.39, 0.29) is 19.3 Å². The SMILES string of the molecule is CC(=O)C(=O)O.N[C@H](C[C@](O)(Cc1c[nH]c2ccccc12)C(=O)O)C(=O)O.N[C@H](Cc1c[nH]c2ccccc12)C(=O)O.O=C(O)C(=O)C[C@](O)(Cc1c[nH]c2ccccc12)C(=O)O.O=C(O)C(=O)Cc1c[nH]c2ccccc12. The topological polar surface area (TPSA) is 468 Å². The number of H-pyrrole nitrogens is 4. The Morgan fingerprint density at radius 3 is 1.12 bits per heavy atom. The van der Waals surface area contributed by atoms with Crippen LogP contribution in [0.1, 0.15) is 42.0 Å². The summed E-state index contributed by atoms with van der Waals surface area (Å²) in [6.07, 6.45) is 4.74. The maximum Gasteiger partial charge on any atom is 0.372 e. The molecule has 0 amide bonds. The van der Waals surface area contributed by atoms with Gasteiger partial charge in [0.05, 0.1) is 6.42 Å². The van der Waals surface area contributed by atoms with E-state index in [0.717, 1.165) is 56.3 Å². The van der Waals surface area contributed by atoms with E-state index >= 15 is 0 Å². The van der Waals surface area contributed by atoms with Crippen LogP contribution in [0.25, 0.3) is 43.6 Å². The highest BCUT2D eigenvalue weighted by Gasteiger charge is 2.41. The minimum atomic E-state index is -2.46. The number of nitrogens with one attached hydrogen (secondary N) is 4. The predicted molar refractivity (Wildman–Crippen MR) is 277 cm³/mol. The first-order valence-electron chi connectivity index (χ1n) is 23.0. The van der Waals surface area contributed by atoms with E-state index < -0.39 is 95.3 Å². The molecule has 4 aromatic heterocycles. The molecule has 25 nitrogen and oxygen atoms in total. The Morgan fingerprint density at radius 2 is 0.769 bits per heavy atom. The molecule has 4 heterocycles. The van der Waals surface area contributed by atoms with Crippen LogP contribution in [0, 0.1) is 0 Å². The van der Waals surface area contributed by atoms with E-state index in [9.17, 15) is 63.3 Å². The number of rotatable bonds is 19. The molecule has 0 bridgehead atoms. The van der Waals surface area contributed by atoms with Crippen molar-refractivity contribution in [1.29, 1.82) is 0 Å². The second kappa shape index (κ2) is 27.1. The molecule has 25 heteroatoms. The smallest absolute Gasteiger partial charge is 0.372 e. The number of para-hydroxylation sites is 4. The number of hydrogen-bond donors (Lipinski definition) is 15. The molecule has 410 valence electrons. The zero-order chi connectivity index (χ0) is 58.1. The van der Waals surface area contributed by atoms with E-state index in [0.29, 0.717) is 22.9 Å². The first kappa shape index (κ1) is 60.7. The Morgan fingerprint density at radius 1 is 0.449 bits per heavy atom. The number of carbonyl (C=O) groups excluding carboxylic acids is 3. The molecule has 0 unspecified atom stereocenters. The van der Waals surface area contributed by atoms with Gasteiger partial charge in [-0.05, 0) is 46.5 Å². The number of carbonyl (C=O) groups is 10. The summed E-state index contributed by atoms with van der Waals surface area (Å²) in [4.78, 5) is 118. The standard InChI is InChI=1S/C14H16N2O5.C14H13NO6.C11H12N2O2.C11H9NO3.C3H4O3/c15-10(12(17)18)6-14(21,13(19)20)5-8-7-16-11-4-2-1-3-9(8)11;16-11(12(17)18)6-14(21,13(19)20)5-8-7-15-10-4-2-1-3-9(8)10;12-9(11(14)15)5-7-6-13-10-4-2-1-3-8(7)10;13-10(11(14)15)5-7-6-12-9-4-2-1-3-8(7)9;1-2(4)3(5)6/h1-4,7,10,16,21H,5-6,15H2,(H,17,18)(H,19,20);1-4,7,15,21H,5-6H2,(H,17,18)(H,19,20);1-4,6,9,13H,5,12H2,(H,14,15);1-4,6,12H,5H2,(H,14,15);1H3,(H,5,6)/t10-,14-;14-;9-;;/m111../s1. The highest BCUT2D eigenvalue weighted by Crippen LogP contribution is 2.27. The molecular formula is C53H54N6O19. The molecule has 4 atom stereocenters. The number of ketones is 3. The van der Waals surface area contributed by atoms with Crippen LogP contribution >= 0.6 is 0 Å². The summed E-state index contributed by atoms with van der Waals surface area (Å²) >= 11 is 0. The van der Waals surface area contributed by atoms with Crippen LogP contribution < -0.4 is 11.5 Å². The van der Waals surface area contributed by atoms with Crippen LogP contribution in [0.5, 0.6) is 0 Å². The van der Waals surface area contributed by atoms with Gasteiger partial charge in [0.2, 0.25) is 17.3 Å². The van der Waals surface area contributed by atoms with Crippen molar-refractivity contribution in [3.8, 4) is 0 Å². The lowest BCUT2D eigenvalue weighted by Crippen LogP contribution is -2.48. The highest BCUT2D eigenvalue weighted by atomic mass is 16.4. The molecule has 17 N–H and O–H groups in total. The van der Waals surface area contributed by atoms with Crippen LogP contribution in [0.4, 0.5) is 0 Å². The van der Waals surface area contributed by atoms with Crippen LogP contribution in [0.3, 0.4) is 0 Å². The van der Waals surface area contributed by atoms with Gasteiger partial charge in [0.15, 0.2) is 11.2 Å². The summed E-state index contributed by atoms with van der Waals surface area (Å²) in [7, 11) is 0.